The molecule has 0 bridgehead atoms. The van der Waals surface area contributed by atoms with E-state index in [2.05, 4.69) is 37.9 Å². The van der Waals surface area contributed by atoms with Gasteiger partial charge in [0.15, 0.2) is 0 Å². The minimum Gasteiger partial charge on any atom is -0.384 e. The SMILES string of the molecule is CCc1nnc(SC(C)(C)C)c(C(=N)N)c1CC. The normalized spacial score (nSPS) is 11.6. The van der Waals surface area contributed by atoms with Crippen molar-refractivity contribution in [2.24, 2.45) is 5.73 Å². The summed E-state index contributed by atoms with van der Waals surface area (Å²) in [7, 11) is 0. The van der Waals surface area contributed by atoms with Crippen molar-refractivity contribution >= 4 is 17.6 Å². The van der Waals surface area contributed by atoms with E-state index < -0.39 is 0 Å². The van der Waals surface area contributed by atoms with Crippen molar-refractivity contribution in [3.63, 3.8) is 0 Å². The Morgan fingerprint density at radius 3 is 2.22 bits per heavy atom. The highest BCUT2D eigenvalue weighted by atomic mass is 32.2. The van der Waals surface area contributed by atoms with Gasteiger partial charge in [0.2, 0.25) is 0 Å². The fourth-order valence-corrected chi connectivity index (χ4v) is 2.79. The Bertz CT molecular complexity index is 449. The first-order valence-electron chi connectivity index (χ1n) is 6.22. The van der Waals surface area contributed by atoms with Crippen LogP contribution in [-0.2, 0) is 12.8 Å². The Kier molecular flexibility index (Phi) is 4.73. The topological polar surface area (TPSA) is 75.7 Å². The molecule has 3 N–H and O–H groups in total. The summed E-state index contributed by atoms with van der Waals surface area (Å²) in [5, 5.41) is 17.1. The summed E-state index contributed by atoms with van der Waals surface area (Å²) in [6.07, 6.45) is 1.64. The summed E-state index contributed by atoms with van der Waals surface area (Å²) in [6, 6.07) is 0. The van der Waals surface area contributed by atoms with E-state index >= 15 is 0 Å². The summed E-state index contributed by atoms with van der Waals surface area (Å²) >= 11 is 1.61. The first kappa shape index (κ1) is 15.0. The molecule has 0 aliphatic carbocycles. The number of hydrogen-bond acceptors (Lipinski definition) is 4. The van der Waals surface area contributed by atoms with Crippen LogP contribution in [0.25, 0.3) is 0 Å². The van der Waals surface area contributed by atoms with E-state index in [4.69, 9.17) is 11.1 Å². The summed E-state index contributed by atoms with van der Waals surface area (Å²) in [5.41, 5.74) is 8.51. The third kappa shape index (κ3) is 3.45. The van der Waals surface area contributed by atoms with Gasteiger partial charge < -0.3 is 5.73 Å². The molecule has 0 aliphatic heterocycles. The monoisotopic (exact) mass is 266 g/mol. The molecule has 0 fully saturated rings. The van der Waals surface area contributed by atoms with Crippen LogP contribution in [0.2, 0.25) is 0 Å². The molecule has 18 heavy (non-hydrogen) atoms. The average molecular weight is 266 g/mol. The van der Waals surface area contributed by atoms with Gasteiger partial charge in [-0.1, -0.05) is 46.4 Å². The number of nitrogen functional groups attached to an aromatic ring is 1. The zero-order valence-corrected chi connectivity index (χ0v) is 12.6. The van der Waals surface area contributed by atoms with Crippen LogP contribution in [0.3, 0.4) is 0 Å². The molecule has 0 atom stereocenters. The Balaban J connectivity index is 3.39. The zero-order chi connectivity index (χ0) is 13.9. The van der Waals surface area contributed by atoms with Crippen molar-refractivity contribution in [1.82, 2.24) is 10.2 Å². The van der Waals surface area contributed by atoms with Crippen LogP contribution in [-0.4, -0.2) is 20.8 Å². The van der Waals surface area contributed by atoms with E-state index in [1.807, 2.05) is 6.92 Å². The Morgan fingerprint density at radius 2 is 1.83 bits per heavy atom. The van der Waals surface area contributed by atoms with Crippen molar-refractivity contribution in [1.29, 1.82) is 5.41 Å². The highest BCUT2D eigenvalue weighted by molar-refractivity contribution is 8.00. The van der Waals surface area contributed by atoms with E-state index in [-0.39, 0.29) is 10.6 Å². The van der Waals surface area contributed by atoms with Gasteiger partial charge in [-0.05, 0) is 18.4 Å². The van der Waals surface area contributed by atoms with Gasteiger partial charge in [0, 0.05) is 4.75 Å². The fraction of sp³-hybridized carbons (Fsp3) is 0.615. The molecule has 0 saturated heterocycles. The van der Waals surface area contributed by atoms with E-state index in [1.165, 1.54) is 0 Å². The minimum absolute atomic E-state index is 0.0254. The molecule has 0 radical (unpaired) electrons. The van der Waals surface area contributed by atoms with Crippen molar-refractivity contribution in [3.8, 4) is 0 Å². The fourth-order valence-electron chi connectivity index (χ4n) is 1.79. The summed E-state index contributed by atoms with van der Waals surface area (Å²) in [5.74, 6) is 0.0863. The van der Waals surface area contributed by atoms with E-state index in [0.29, 0.717) is 0 Å². The Hall–Kier alpha value is -1.10. The number of nitrogens with two attached hydrogens (primary N) is 1. The quantitative estimate of drug-likeness (QED) is 0.499. The van der Waals surface area contributed by atoms with Crippen LogP contribution in [0, 0.1) is 5.41 Å². The molecular formula is C13H22N4S. The minimum atomic E-state index is 0.0254. The van der Waals surface area contributed by atoms with Crippen molar-refractivity contribution in [3.05, 3.63) is 16.8 Å². The van der Waals surface area contributed by atoms with E-state index in [1.54, 1.807) is 11.8 Å². The molecule has 4 nitrogen and oxygen atoms in total. The van der Waals surface area contributed by atoms with Gasteiger partial charge in [-0.15, -0.1) is 5.10 Å². The van der Waals surface area contributed by atoms with Crippen molar-refractivity contribution in [2.45, 2.75) is 57.2 Å². The molecule has 0 spiro atoms. The van der Waals surface area contributed by atoms with E-state index in [9.17, 15) is 0 Å². The lowest BCUT2D eigenvalue weighted by Gasteiger charge is -2.20. The molecule has 0 amide bonds. The van der Waals surface area contributed by atoms with Crippen LogP contribution in [0.1, 0.15) is 51.4 Å². The van der Waals surface area contributed by atoms with E-state index in [0.717, 1.165) is 34.7 Å². The van der Waals surface area contributed by atoms with Gasteiger partial charge in [0.05, 0.1) is 11.3 Å². The summed E-state index contributed by atoms with van der Waals surface area (Å²) in [6.45, 7) is 10.5. The molecular weight excluding hydrogens is 244 g/mol. The second-order valence-corrected chi connectivity index (χ2v) is 6.96. The van der Waals surface area contributed by atoms with Gasteiger partial charge in [-0.2, -0.15) is 5.10 Å². The predicted molar refractivity (Wildman–Crippen MR) is 77.4 cm³/mol. The first-order chi connectivity index (χ1) is 8.30. The van der Waals surface area contributed by atoms with Crippen LogP contribution in [0.15, 0.2) is 5.03 Å². The maximum atomic E-state index is 7.80. The number of hydrogen-bond donors (Lipinski definition) is 2. The van der Waals surface area contributed by atoms with Gasteiger partial charge in [-0.25, -0.2) is 0 Å². The average Bonchev–Trinajstić information content (AvgIpc) is 2.25. The maximum absolute atomic E-state index is 7.80. The summed E-state index contributed by atoms with van der Waals surface area (Å²) < 4.78 is 0.0254. The number of nitrogens with zero attached hydrogens (tertiary/aromatic N) is 2. The van der Waals surface area contributed by atoms with Gasteiger partial charge in [0.1, 0.15) is 10.9 Å². The number of amidine groups is 1. The predicted octanol–water partition coefficient (Wildman–Crippen LogP) is 2.78. The molecule has 5 heteroatoms. The van der Waals surface area contributed by atoms with Crippen LogP contribution in [0.5, 0.6) is 0 Å². The molecule has 0 unspecified atom stereocenters. The molecule has 1 heterocycles. The number of nitrogens with one attached hydrogen (secondary N) is 1. The van der Waals surface area contributed by atoms with Gasteiger partial charge in [-0.3, -0.25) is 5.41 Å². The first-order valence-corrected chi connectivity index (χ1v) is 7.03. The highest BCUT2D eigenvalue weighted by Gasteiger charge is 2.21. The lowest BCUT2D eigenvalue weighted by atomic mass is 10.0. The molecule has 0 aromatic carbocycles. The smallest absolute Gasteiger partial charge is 0.130 e. The molecule has 1 aromatic rings. The Labute approximate surface area is 113 Å². The second kappa shape index (κ2) is 5.69. The van der Waals surface area contributed by atoms with Crippen molar-refractivity contribution in [2.75, 3.05) is 0 Å². The zero-order valence-electron chi connectivity index (χ0n) is 11.8. The lowest BCUT2D eigenvalue weighted by molar-refractivity contribution is 0.779. The maximum Gasteiger partial charge on any atom is 0.130 e. The van der Waals surface area contributed by atoms with Crippen LogP contribution in [0.4, 0.5) is 0 Å². The molecule has 0 saturated carbocycles. The highest BCUT2D eigenvalue weighted by Crippen LogP contribution is 2.34. The van der Waals surface area contributed by atoms with Crippen molar-refractivity contribution < 1.29 is 0 Å². The standard InChI is InChI=1S/C13H22N4S/c1-6-8-9(7-2)16-17-12(10(8)11(14)15)18-13(3,4)5/h6-7H2,1-5H3,(H3,14,15). The number of aromatic nitrogens is 2. The second-order valence-electron chi connectivity index (χ2n) is 5.14. The molecule has 100 valence electrons. The molecule has 0 aliphatic rings. The number of rotatable bonds is 4. The lowest BCUT2D eigenvalue weighted by Crippen LogP contribution is -2.20. The largest absolute Gasteiger partial charge is 0.384 e. The Morgan fingerprint density at radius 1 is 1.22 bits per heavy atom. The molecule has 1 rings (SSSR count). The third-order valence-electron chi connectivity index (χ3n) is 2.49. The third-order valence-corrected chi connectivity index (χ3v) is 3.58. The van der Waals surface area contributed by atoms with Crippen LogP contribution >= 0.6 is 11.8 Å². The van der Waals surface area contributed by atoms with Gasteiger partial charge in [0.25, 0.3) is 0 Å². The number of thioether (sulfide) groups is 1. The van der Waals surface area contributed by atoms with Gasteiger partial charge >= 0.3 is 0 Å². The molecule has 1 aromatic heterocycles. The number of aryl methyl sites for hydroxylation is 1. The van der Waals surface area contributed by atoms with Crippen LogP contribution < -0.4 is 5.73 Å². The summed E-state index contributed by atoms with van der Waals surface area (Å²) in [4.78, 5) is 0.